The number of rotatable bonds is 10. The van der Waals surface area contributed by atoms with Crippen molar-refractivity contribution in [1.82, 2.24) is 9.47 Å². The maximum Gasteiger partial charge on any atom is 0.477 e. The van der Waals surface area contributed by atoms with Crippen molar-refractivity contribution in [1.29, 1.82) is 0 Å². The van der Waals surface area contributed by atoms with Crippen LogP contribution in [0.1, 0.15) is 25.0 Å². The Bertz CT molecular complexity index is 838. The zero-order valence-electron chi connectivity index (χ0n) is 17.1. The molecule has 0 fully saturated rings. The fourth-order valence-corrected chi connectivity index (χ4v) is 3.78. The minimum Gasteiger partial charge on any atom is -0.421 e. The van der Waals surface area contributed by atoms with Crippen molar-refractivity contribution in [3.8, 4) is 0 Å². The second-order valence-electron chi connectivity index (χ2n) is 6.54. The molecule has 0 bridgehead atoms. The first-order chi connectivity index (χ1) is 13.3. The fraction of sp³-hybridized carbons (Fsp3) is 0.526. The predicted molar refractivity (Wildman–Crippen MR) is 108 cm³/mol. The Morgan fingerprint density at radius 1 is 1.14 bits per heavy atom. The smallest absolute Gasteiger partial charge is 0.421 e. The fourth-order valence-electron chi connectivity index (χ4n) is 2.75. The first-order valence-electron chi connectivity index (χ1n) is 9.25. The lowest BCUT2D eigenvalue weighted by Crippen LogP contribution is -2.16. The van der Waals surface area contributed by atoms with Crippen LogP contribution in [0.2, 0.25) is 0 Å². The van der Waals surface area contributed by atoms with Gasteiger partial charge in [0.25, 0.3) is 0 Å². The number of phosphoric acid groups is 1. The van der Waals surface area contributed by atoms with Gasteiger partial charge in [0.15, 0.2) is 0 Å². The molecular weight excluding hydrogens is 383 g/mol. The van der Waals surface area contributed by atoms with Crippen LogP contribution in [0.4, 0.5) is 4.79 Å². The molecule has 0 radical (unpaired) electrons. The average molecular weight is 412 g/mol. The number of likely N-dealkylation sites (N-methyl/N-ethyl adjacent to an activating group) is 1. The van der Waals surface area contributed by atoms with Crippen LogP contribution < -0.4 is 0 Å². The number of ether oxygens (including phenoxy) is 1. The third-order valence-corrected chi connectivity index (χ3v) is 5.61. The van der Waals surface area contributed by atoms with E-state index >= 15 is 0 Å². The molecule has 156 valence electrons. The molecule has 0 amide bonds. The highest BCUT2D eigenvalue weighted by atomic mass is 31.2. The summed E-state index contributed by atoms with van der Waals surface area (Å²) in [6.45, 7) is 5.99. The molecule has 28 heavy (non-hydrogen) atoms. The molecule has 0 saturated heterocycles. The standard InChI is InChI=1S/C19H29N2O6P/c1-6-25-28(23,26-7-2)27-14-24-19(22)21-13-16(10-11-20(4)5)17-12-15(3)8-9-18(17)21/h8-9,12-13H,6-7,10-11,14H2,1-5H3. The Balaban J connectivity index is 2.15. The van der Waals surface area contributed by atoms with Crippen LogP contribution >= 0.6 is 7.82 Å². The number of nitrogens with zero attached hydrogens (tertiary/aromatic N) is 2. The number of carbonyl (C=O) groups excluding carboxylic acids is 1. The summed E-state index contributed by atoms with van der Waals surface area (Å²) in [6, 6.07) is 5.88. The second kappa shape index (κ2) is 10.2. The van der Waals surface area contributed by atoms with Crippen molar-refractivity contribution in [3.05, 3.63) is 35.5 Å². The van der Waals surface area contributed by atoms with Gasteiger partial charge < -0.3 is 9.64 Å². The van der Waals surface area contributed by atoms with Gasteiger partial charge in [0, 0.05) is 18.1 Å². The highest BCUT2D eigenvalue weighted by Gasteiger charge is 2.26. The molecule has 0 aliphatic carbocycles. The van der Waals surface area contributed by atoms with Crippen molar-refractivity contribution in [2.45, 2.75) is 27.2 Å². The average Bonchev–Trinajstić information content (AvgIpc) is 2.98. The van der Waals surface area contributed by atoms with Crippen LogP contribution in [0.15, 0.2) is 24.4 Å². The molecule has 1 aromatic carbocycles. The van der Waals surface area contributed by atoms with Crippen molar-refractivity contribution < 1.29 is 27.7 Å². The molecule has 0 saturated carbocycles. The second-order valence-corrected chi connectivity index (χ2v) is 8.21. The van der Waals surface area contributed by atoms with Crippen molar-refractivity contribution in [2.24, 2.45) is 0 Å². The summed E-state index contributed by atoms with van der Waals surface area (Å²) in [7, 11) is 0.280. The first-order valence-corrected chi connectivity index (χ1v) is 10.7. The van der Waals surface area contributed by atoms with Crippen LogP contribution in [0, 0.1) is 6.92 Å². The topological polar surface area (TPSA) is 79.2 Å². The Labute approximate surface area is 165 Å². The number of carbonyl (C=O) groups is 1. The number of hydrogen-bond acceptors (Lipinski definition) is 7. The number of phosphoric ester groups is 1. The van der Waals surface area contributed by atoms with Crippen LogP contribution in [0.3, 0.4) is 0 Å². The van der Waals surface area contributed by atoms with E-state index in [1.807, 2.05) is 33.2 Å². The van der Waals surface area contributed by atoms with Crippen LogP contribution in [0.5, 0.6) is 0 Å². The Morgan fingerprint density at radius 3 is 2.43 bits per heavy atom. The van der Waals surface area contributed by atoms with Crippen molar-refractivity contribution >= 4 is 24.8 Å². The van der Waals surface area contributed by atoms with E-state index in [0.29, 0.717) is 0 Å². The third kappa shape index (κ3) is 5.90. The van der Waals surface area contributed by atoms with Gasteiger partial charge >= 0.3 is 13.9 Å². The minimum absolute atomic E-state index is 0.155. The molecule has 2 aromatic rings. The summed E-state index contributed by atoms with van der Waals surface area (Å²) in [5.41, 5.74) is 2.92. The van der Waals surface area contributed by atoms with E-state index in [1.165, 1.54) is 4.57 Å². The van der Waals surface area contributed by atoms with Gasteiger partial charge in [-0.25, -0.2) is 13.9 Å². The Morgan fingerprint density at radius 2 is 1.82 bits per heavy atom. The normalized spacial score (nSPS) is 12.1. The lowest BCUT2D eigenvalue weighted by Gasteiger charge is -2.16. The SMILES string of the molecule is CCOP(=O)(OCC)OCOC(=O)n1cc(CCN(C)C)c2cc(C)ccc21. The van der Waals surface area contributed by atoms with Gasteiger partial charge in [0.1, 0.15) is 0 Å². The van der Waals surface area contributed by atoms with E-state index < -0.39 is 20.7 Å². The maximum absolute atomic E-state index is 12.6. The largest absolute Gasteiger partial charge is 0.477 e. The number of aryl methyl sites for hydroxylation is 1. The molecule has 0 aliphatic rings. The van der Waals surface area contributed by atoms with Crippen LogP contribution in [-0.4, -0.2) is 56.2 Å². The highest BCUT2D eigenvalue weighted by Crippen LogP contribution is 2.49. The summed E-state index contributed by atoms with van der Waals surface area (Å²) >= 11 is 0. The minimum atomic E-state index is -3.73. The lowest BCUT2D eigenvalue weighted by molar-refractivity contribution is 0.0243. The molecule has 8 nitrogen and oxygen atoms in total. The summed E-state index contributed by atoms with van der Waals surface area (Å²) < 4.78 is 33.9. The molecular formula is C19H29N2O6P. The zero-order chi connectivity index (χ0) is 20.7. The molecule has 0 N–H and O–H groups in total. The van der Waals surface area contributed by atoms with Gasteiger partial charge in [0.05, 0.1) is 18.7 Å². The number of hydrogen-bond donors (Lipinski definition) is 0. The molecule has 0 atom stereocenters. The van der Waals surface area contributed by atoms with E-state index in [9.17, 15) is 9.36 Å². The van der Waals surface area contributed by atoms with Gasteiger partial charge in [-0.2, -0.15) is 0 Å². The van der Waals surface area contributed by atoms with E-state index in [4.69, 9.17) is 18.3 Å². The molecule has 2 rings (SSSR count). The van der Waals surface area contributed by atoms with Crippen molar-refractivity contribution in [3.63, 3.8) is 0 Å². The van der Waals surface area contributed by atoms with Crippen LogP contribution in [-0.2, 0) is 29.3 Å². The van der Waals surface area contributed by atoms with E-state index in [-0.39, 0.29) is 13.2 Å². The Kier molecular flexibility index (Phi) is 8.22. The summed E-state index contributed by atoms with van der Waals surface area (Å²) in [4.78, 5) is 14.7. The van der Waals surface area contributed by atoms with Crippen LogP contribution in [0.25, 0.3) is 10.9 Å². The number of fused-ring (bicyclic) bond motifs is 1. The summed E-state index contributed by atoms with van der Waals surface area (Å²) in [5, 5.41) is 1.01. The Hall–Kier alpha value is -1.70. The zero-order valence-corrected chi connectivity index (χ0v) is 18.0. The van der Waals surface area contributed by atoms with Gasteiger partial charge in [-0.05, 0) is 59.0 Å². The summed E-state index contributed by atoms with van der Waals surface area (Å²) in [5.74, 6) is 0. The molecule has 9 heteroatoms. The maximum atomic E-state index is 12.6. The molecule has 1 heterocycles. The predicted octanol–water partition coefficient (Wildman–Crippen LogP) is 4.19. The van der Waals surface area contributed by atoms with Gasteiger partial charge in [0.2, 0.25) is 6.79 Å². The van der Waals surface area contributed by atoms with E-state index in [2.05, 4.69) is 11.0 Å². The molecule has 0 spiro atoms. The molecule has 0 unspecified atom stereocenters. The quantitative estimate of drug-likeness (QED) is 0.428. The summed E-state index contributed by atoms with van der Waals surface area (Å²) in [6.07, 6.45) is 1.96. The monoisotopic (exact) mass is 412 g/mol. The lowest BCUT2D eigenvalue weighted by atomic mass is 10.1. The van der Waals surface area contributed by atoms with E-state index in [1.54, 1.807) is 20.0 Å². The molecule has 0 aliphatic heterocycles. The van der Waals surface area contributed by atoms with Gasteiger partial charge in [-0.15, -0.1) is 0 Å². The van der Waals surface area contributed by atoms with E-state index in [0.717, 1.165) is 35.0 Å². The number of benzene rings is 1. The first kappa shape index (κ1) is 22.6. The third-order valence-electron chi connectivity index (χ3n) is 4.04. The highest BCUT2D eigenvalue weighted by molar-refractivity contribution is 7.48. The molecule has 1 aromatic heterocycles. The van der Waals surface area contributed by atoms with Gasteiger partial charge in [-0.3, -0.25) is 13.6 Å². The van der Waals surface area contributed by atoms with Gasteiger partial charge in [-0.1, -0.05) is 11.6 Å². The number of aromatic nitrogens is 1. The van der Waals surface area contributed by atoms with Crippen molar-refractivity contribution in [2.75, 3.05) is 40.6 Å².